The highest BCUT2D eigenvalue weighted by Gasteiger charge is 2.33. The van der Waals surface area contributed by atoms with Crippen LogP contribution in [0.4, 0.5) is 0 Å². The van der Waals surface area contributed by atoms with Crippen molar-refractivity contribution in [3.63, 3.8) is 0 Å². The third-order valence-electron chi connectivity index (χ3n) is 7.67. The lowest BCUT2D eigenvalue weighted by Gasteiger charge is -2.36. The molecule has 0 fully saturated rings. The Morgan fingerprint density at radius 3 is 1.94 bits per heavy atom. The second-order valence-corrected chi connectivity index (χ2v) is 11.6. The van der Waals surface area contributed by atoms with Crippen LogP contribution in [0.2, 0.25) is 0 Å². The molecular weight excluding hydrogens is 448 g/mol. The molecule has 1 atom stereocenters. The number of carbonyl (C=O) groups is 1. The highest BCUT2D eigenvalue weighted by atomic mass is 16.6. The molecule has 1 aromatic rings. The van der Waals surface area contributed by atoms with E-state index in [0.717, 1.165) is 30.6 Å². The second-order valence-electron chi connectivity index (χ2n) is 11.6. The lowest BCUT2D eigenvalue weighted by molar-refractivity contribution is -0.156. The molecule has 2 rings (SSSR count). The smallest absolute Gasteiger partial charge is 0.349 e. The van der Waals surface area contributed by atoms with Crippen LogP contribution in [0, 0.1) is 0 Å². The number of hydrogen-bond acceptors (Lipinski definition) is 4. The van der Waals surface area contributed by atoms with Crippen LogP contribution in [0.15, 0.2) is 18.2 Å². The van der Waals surface area contributed by atoms with E-state index in [1.807, 2.05) is 18.2 Å². The fourth-order valence-electron chi connectivity index (χ4n) is 5.26. The minimum atomic E-state index is -1.01. The number of esters is 1. The van der Waals surface area contributed by atoms with Crippen LogP contribution in [-0.2, 0) is 16.0 Å². The molecule has 36 heavy (non-hydrogen) atoms. The van der Waals surface area contributed by atoms with Crippen LogP contribution in [-0.4, -0.2) is 24.3 Å². The molecule has 0 saturated carbocycles. The van der Waals surface area contributed by atoms with Crippen LogP contribution in [0.3, 0.4) is 0 Å². The topological polar surface area (TPSA) is 44.8 Å². The molecule has 0 aliphatic carbocycles. The lowest BCUT2D eigenvalue weighted by Crippen LogP contribution is -2.39. The van der Waals surface area contributed by atoms with Crippen molar-refractivity contribution >= 4 is 5.97 Å². The summed E-state index contributed by atoms with van der Waals surface area (Å²) in [7, 11) is 1.38. The predicted molar refractivity (Wildman–Crippen MR) is 150 cm³/mol. The number of aryl methyl sites for hydroxylation is 1. The zero-order valence-corrected chi connectivity index (χ0v) is 24.1. The van der Waals surface area contributed by atoms with Gasteiger partial charge in [0.05, 0.1) is 7.11 Å². The molecule has 0 aromatic heterocycles. The minimum Gasteiger partial charge on any atom is -0.487 e. The Labute approximate surface area is 221 Å². The van der Waals surface area contributed by atoms with Crippen molar-refractivity contribution in [2.45, 2.75) is 154 Å². The van der Waals surface area contributed by atoms with Gasteiger partial charge in [0.15, 0.2) is 5.60 Å². The largest absolute Gasteiger partial charge is 0.487 e. The van der Waals surface area contributed by atoms with Crippen LogP contribution in [0.5, 0.6) is 11.5 Å². The molecule has 0 radical (unpaired) electrons. The van der Waals surface area contributed by atoms with E-state index in [4.69, 9.17) is 14.2 Å². The first-order valence-electron chi connectivity index (χ1n) is 14.9. The number of unbranched alkanes of at least 4 members (excludes halogenated alkanes) is 14. The van der Waals surface area contributed by atoms with Gasteiger partial charge in [-0.05, 0) is 70.2 Å². The lowest BCUT2D eigenvalue weighted by atomic mass is 9.88. The maximum atomic E-state index is 11.9. The van der Waals surface area contributed by atoms with Crippen LogP contribution in [0.1, 0.15) is 142 Å². The zero-order chi connectivity index (χ0) is 26.3. The molecule has 0 spiro atoms. The molecule has 4 heteroatoms. The van der Waals surface area contributed by atoms with Gasteiger partial charge in [-0.3, -0.25) is 0 Å². The van der Waals surface area contributed by atoms with Gasteiger partial charge in [0.2, 0.25) is 0 Å². The van der Waals surface area contributed by atoms with E-state index in [1.165, 1.54) is 103 Å². The zero-order valence-electron chi connectivity index (χ0n) is 24.1. The van der Waals surface area contributed by atoms with E-state index in [1.54, 1.807) is 13.8 Å². The molecule has 206 valence electrons. The Kier molecular flexibility index (Phi) is 13.7. The van der Waals surface area contributed by atoms with Crippen LogP contribution < -0.4 is 9.47 Å². The number of fused-ring (bicyclic) bond motifs is 1. The molecule has 0 saturated heterocycles. The third kappa shape index (κ3) is 11.1. The van der Waals surface area contributed by atoms with Gasteiger partial charge in [0.1, 0.15) is 17.1 Å². The molecule has 1 aliphatic rings. The fourth-order valence-corrected chi connectivity index (χ4v) is 5.26. The Balaban J connectivity index is 1.56. The first-order valence-corrected chi connectivity index (χ1v) is 14.9. The van der Waals surface area contributed by atoms with E-state index < -0.39 is 5.60 Å². The summed E-state index contributed by atoms with van der Waals surface area (Å²) in [5, 5.41) is 0. The van der Waals surface area contributed by atoms with Gasteiger partial charge in [-0.1, -0.05) is 96.8 Å². The number of carbonyl (C=O) groups excluding carboxylic acids is 1. The quantitative estimate of drug-likeness (QED) is 0.140. The van der Waals surface area contributed by atoms with E-state index >= 15 is 0 Å². The Hall–Kier alpha value is -1.71. The monoisotopic (exact) mass is 502 g/mol. The first kappa shape index (κ1) is 30.5. The number of methoxy groups -OCH3 is 1. The van der Waals surface area contributed by atoms with Gasteiger partial charge in [0.25, 0.3) is 0 Å². The van der Waals surface area contributed by atoms with Crippen molar-refractivity contribution in [2.75, 3.05) is 7.11 Å². The molecule has 1 heterocycles. The predicted octanol–water partition coefficient (Wildman–Crippen LogP) is 9.36. The Morgan fingerprint density at radius 2 is 1.42 bits per heavy atom. The van der Waals surface area contributed by atoms with Gasteiger partial charge >= 0.3 is 5.97 Å². The maximum Gasteiger partial charge on any atom is 0.349 e. The van der Waals surface area contributed by atoms with Gasteiger partial charge < -0.3 is 14.2 Å². The van der Waals surface area contributed by atoms with Gasteiger partial charge in [0, 0.05) is 0 Å². The maximum absolute atomic E-state index is 11.9. The van der Waals surface area contributed by atoms with Crippen LogP contribution in [0.25, 0.3) is 0 Å². The van der Waals surface area contributed by atoms with E-state index in [2.05, 4.69) is 13.8 Å². The second kappa shape index (κ2) is 16.2. The summed E-state index contributed by atoms with van der Waals surface area (Å²) in [6, 6.07) is 5.89. The first-order chi connectivity index (χ1) is 17.3. The van der Waals surface area contributed by atoms with Gasteiger partial charge in [-0.2, -0.15) is 0 Å². The van der Waals surface area contributed by atoms with Crippen molar-refractivity contribution in [3.05, 3.63) is 23.8 Å². The summed E-state index contributed by atoms with van der Waals surface area (Å²) < 4.78 is 17.2. The molecule has 0 N–H and O–H groups in total. The summed E-state index contributed by atoms with van der Waals surface area (Å²) in [6.07, 6.45) is 24.0. The molecule has 4 nitrogen and oxygen atoms in total. The summed E-state index contributed by atoms with van der Waals surface area (Å²) in [4.78, 5) is 11.9. The standard InChI is InChI=1S/C32H54O4/c1-6-7-8-9-10-11-12-13-14-15-16-17-18-19-20-24-32(4)25-23-27-26-28(21-22-29(27)36-32)35-31(2,3)30(33)34-5/h21-22,26H,6-20,23-25H2,1-5H3/t32-/m1/s1. The van der Waals surface area contributed by atoms with Gasteiger partial charge in [-0.15, -0.1) is 0 Å². The Morgan fingerprint density at radius 1 is 0.889 bits per heavy atom. The third-order valence-corrected chi connectivity index (χ3v) is 7.67. The van der Waals surface area contributed by atoms with Crippen molar-refractivity contribution in [3.8, 4) is 11.5 Å². The van der Waals surface area contributed by atoms with E-state index in [9.17, 15) is 4.79 Å². The van der Waals surface area contributed by atoms with Crippen LogP contribution >= 0.6 is 0 Å². The minimum absolute atomic E-state index is 0.0861. The molecule has 0 unspecified atom stereocenters. The molecule has 0 bridgehead atoms. The van der Waals surface area contributed by atoms with E-state index in [0.29, 0.717) is 5.75 Å². The highest BCUT2D eigenvalue weighted by molar-refractivity contribution is 5.78. The number of ether oxygens (including phenoxy) is 3. The van der Waals surface area contributed by atoms with E-state index in [-0.39, 0.29) is 11.6 Å². The molecule has 1 aliphatic heterocycles. The molecule has 0 amide bonds. The normalized spacial score (nSPS) is 17.4. The van der Waals surface area contributed by atoms with Crippen molar-refractivity contribution in [1.29, 1.82) is 0 Å². The summed E-state index contributed by atoms with van der Waals surface area (Å²) in [5.41, 5.74) is 0.0553. The number of rotatable bonds is 19. The highest BCUT2D eigenvalue weighted by Crippen LogP contribution is 2.38. The SMILES string of the molecule is CCCCCCCCCCCCCCCCC[C@]1(C)CCc2cc(OC(C)(C)C(=O)OC)ccc2O1. The summed E-state index contributed by atoms with van der Waals surface area (Å²) in [6.45, 7) is 7.99. The average molecular weight is 503 g/mol. The molecule has 1 aromatic carbocycles. The summed E-state index contributed by atoms with van der Waals surface area (Å²) in [5.74, 6) is 1.25. The van der Waals surface area contributed by atoms with Gasteiger partial charge in [-0.25, -0.2) is 4.79 Å². The number of hydrogen-bond donors (Lipinski definition) is 0. The molecular formula is C32H54O4. The average Bonchev–Trinajstić information content (AvgIpc) is 2.85. The summed E-state index contributed by atoms with van der Waals surface area (Å²) >= 11 is 0. The van der Waals surface area contributed by atoms with Crippen molar-refractivity contribution in [1.82, 2.24) is 0 Å². The Bertz CT molecular complexity index is 757. The number of benzene rings is 1. The van der Waals surface area contributed by atoms with Crippen molar-refractivity contribution in [2.24, 2.45) is 0 Å². The van der Waals surface area contributed by atoms with Crippen molar-refractivity contribution < 1.29 is 19.0 Å². The fraction of sp³-hybridized carbons (Fsp3) is 0.781.